The Kier molecular flexibility index (Phi) is 4.67. The van der Waals surface area contributed by atoms with Crippen LogP contribution in [0.25, 0.3) is 0 Å². The third-order valence-corrected chi connectivity index (χ3v) is 4.52. The Balaban J connectivity index is 2.28. The molecule has 0 spiro atoms. The number of carboxylic acid groups (broad SMARTS) is 1. The minimum Gasteiger partial charge on any atom is -0.478 e. The Morgan fingerprint density at radius 2 is 1.79 bits per heavy atom. The molecule has 0 saturated carbocycles. The lowest BCUT2D eigenvalue weighted by atomic mass is 10.2. The summed E-state index contributed by atoms with van der Waals surface area (Å²) in [5.41, 5.74) is 1.41. The zero-order valence-electron chi connectivity index (χ0n) is 9.98. The summed E-state index contributed by atoms with van der Waals surface area (Å²) >= 11 is 4.49. The molecule has 0 saturated heterocycles. The van der Waals surface area contributed by atoms with Crippen LogP contribution in [0.1, 0.15) is 15.9 Å². The minimum absolute atomic E-state index is 0.251. The molecule has 1 N–H and O–H groups in total. The van der Waals surface area contributed by atoms with Crippen LogP contribution in [0.15, 0.2) is 36.4 Å². The summed E-state index contributed by atoms with van der Waals surface area (Å²) in [6, 6.07) is 10.4. The maximum absolute atomic E-state index is 10.8. The maximum atomic E-state index is 10.8. The van der Waals surface area contributed by atoms with Gasteiger partial charge < -0.3 is 9.84 Å². The normalized spacial score (nSPS) is 10.3. The highest BCUT2D eigenvalue weighted by atomic mass is 127. The van der Waals surface area contributed by atoms with Crippen molar-refractivity contribution in [3.8, 4) is 11.5 Å². The first kappa shape index (κ1) is 14.6. The van der Waals surface area contributed by atoms with Gasteiger partial charge in [0.15, 0.2) is 0 Å². The summed E-state index contributed by atoms with van der Waals surface area (Å²) in [7, 11) is 0. The number of hydrogen-bond donors (Lipinski definition) is 1. The lowest BCUT2D eigenvalue weighted by molar-refractivity contribution is 0.0697. The molecular weight excluding hydrogens is 470 g/mol. The van der Waals surface area contributed by atoms with Gasteiger partial charge in [0.05, 0.1) is 9.13 Å². The molecule has 0 unspecified atom stereocenters. The molecule has 3 nitrogen and oxygen atoms in total. The average Bonchev–Trinajstić information content (AvgIpc) is 2.36. The van der Waals surface area contributed by atoms with Gasteiger partial charge in [-0.3, -0.25) is 0 Å². The third-order valence-electron chi connectivity index (χ3n) is 2.51. The Bertz CT molecular complexity index is 621. The first-order valence-electron chi connectivity index (χ1n) is 5.44. The van der Waals surface area contributed by atoms with Crippen LogP contribution >= 0.6 is 45.2 Å². The number of hydrogen-bond acceptors (Lipinski definition) is 2. The molecule has 19 heavy (non-hydrogen) atoms. The Morgan fingerprint density at radius 1 is 1.16 bits per heavy atom. The van der Waals surface area contributed by atoms with E-state index in [1.54, 1.807) is 12.1 Å². The van der Waals surface area contributed by atoms with E-state index in [-0.39, 0.29) is 5.56 Å². The van der Waals surface area contributed by atoms with Crippen LogP contribution in [0.5, 0.6) is 11.5 Å². The molecule has 0 heterocycles. The van der Waals surface area contributed by atoms with Crippen molar-refractivity contribution in [2.45, 2.75) is 6.92 Å². The Morgan fingerprint density at radius 3 is 2.37 bits per heavy atom. The lowest BCUT2D eigenvalue weighted by Gasteiger charge is -2.10. The molecule has 0 amide bonds. The standard InChI is InChI=1S/C14H10I2O3/c1-8-6-10(15)7-12(13(8)16)19-11-4-2-9(3-5-11)14(17)18/h2-7H,1H3,(H,17,18). The van der Waals surface area contributed by atoms with Gasteiger partial charge >= 0.3 is 5.97 Å². The molecule has 98 valence electrons. The summed E-state index contributed by atoms with van der Waals surface area (Å²) in [6.45, 7) is 2.03. The number of benzene rings is 2. The monoisotopic (exact) mass is 480 g/mol. The number of halogens is 2. The van der Waals surface area contributed by atoms with E-state index >= 15 is 0 Å². The zero-order valence-corrected chi connectivity index (χ0v) is 14.3. The van der Waals surface area contributed by atoms with E-state index in [4.69, 9.17) is 9.84 Å². The molecule has 0 atom stereocenters. The molecule has 2 aromatic carbocycles. The van der Waals surface area contributed by atoms with Crippen molar-refractivity contribution in [3.05, 3.63) is 54.7 Å². The highest BCUT2D eigenvalue weighted by Crippen LogP contribution is 2.31. The molecule has 0 fully saturated rings. The van der Waals surface area contributed by atoms with Crippen molar-refractivity contribution in [2.75, 3.05) is 0 Å². The van der Waals surface area contributed by atoms with Gasteiger partial charge in [-0.05, 0) is 94.1 Å². The van der Waals surface area contributed by atoms with Gasteiger partial charge in [-0.2, -0.15) is 0 Å². The van der Waals surface area contributed by atoms with E-state index in [1.165, 1.54) is 12.1 Å². The van der Waals surface area contributed by atoms with E-state index < -0.39 is 5.97 Å². The second kappa shape index (κ2) is 6.08. The number of rotatable bonds is 3. The summed E-state index contributed by atoms with van der Waals surface area (Å²) in [4.78, 5) is 10.8. The smallest absolute Gasteiger partial charge is 0.335 e. The first-order valence-corrected chi connectivity index (χ1v) is 7.60. The van der Waals surface area contributed by atoms with E-state index in [0.717, 1.165) is 18.5 Å². The summed E-state index contributed by atoms with van der Waals surface area (Å²) < 4.78 is 7.96. The van der Waals surface area contributed by atoms with Crippen molar-refractivity contribution in [1.82, 2.24) is 0 Å². The van der Waals surface area contributed by atoms with Crippen LogP contribution in [-0.4, -0.2) is 11.1 Å². The number of ether oxygens (including phenoxy) is 1. The fraction of sp³-hybridized carbons (Fsp3) is 0.0714. The fourth-order valence-corrected chi connectivity index (χ4v) is 2.73. The molecule has 5 heteroatoms. The molecule has 0 aromatic heterocycles. The van der Waals surface area contributed by atoms with Gasteiger partial charge in [-0.15, -0.1) is 0 Å². The van der Waals surface area contributed by atoms with E-state index in [9.17, 15) is 4.79 Å². The summed E-state index contributed by atoms with van der Waals surface area (Å²) in [5, 5.41) is 8.84. The van der Waals surface area contributed by atoms with E-state index in [2.05, 4.69) is 51.2 Å². The van der Waals surface area contributed by atoms with Crippen LogP contribution in [0.4, 0.5) is 0 Å². The van der Waals surface area contributed by atoms with Crippen molar-refractivity contribution in [1.29, 1.82) is 0 Å². The van der Waals surface area contributed by atoms with Gasteiger partial charge in [0.2, 0.25) is 0 Å². The molecule has 0 bridgehead atoms. The Labute approximate surface area is 138 Å². The third kappa shape index (κ3) is 3.59. The van der Waals surface area contributed by atoms with Crippen molar-refractivity contribution in [3.63, 3.8) is 0 Å². The molecular formula is C14H10I2O3. The van der Waals surface area contributed by atoms with Crippen LogP contribution in [0, 0.1) is 14.1 Å². The summed E-state index contributed by atoms with van der Waals surface area (Å²) in [6.07, 6.45) is 0. The van der Waals surface area contributed by atoms with Crippen LogP contribution in [0.3, 0.4) is 0 Å². The van der Waals surface area contributed by atoms with Crippen LogP contribution in [-0.2, 0) is 0 Å². The topological polar surface area (TPSA) is 46.5 Å². The number of carbonyl (C=O) groups is 1. The Hall–Kier alpha value is -0.830. The fourth-order valence-electron chi connectivity index (χ4n) is 1.56. The number of aromatic carboxylic acids is 1. The molecule has 2 rings (SSSR count). The molecule has 2 aromatic rings. The highest BCUT2D eigenvalue weighted by molar-refractivity contribution is 14.1. The van der Waals surface area contributed by atoms with Gasteiger partial charge in [-0.1, -0.05) is 0 Å². The van der Waals surface area contributed by atoms with Gasteiger partial charge in [-0.25, -0.2) is 4.79 Å². The first-order chi connectivity index (χ1) is 8.97. The molecule has 0 aliphatic carbocycles. The predicted octanol–water partition coefficient (Wildman–Crippen LogP) is 4.69. The van der Waals surface area contributed by atoms with Gasteiger partial charge in [0.1, 0.15) is 11.5 Å². The lowest BCUT2D eigenvalue weighted by Crippen LogP contribution is -1.96. The number of carboxylic acids is 1. The molecule has 0 aliphatic rings. The SMILES string of the molecule is Cc1cc(I)cc(Oc2ccc(C(=O)O)cc2)c1I. The average molecular weight is 480 g/mol. The predicted molar refractivity (Wildman–Crippen MR) is 90.1 cm³/mol. The van der Waals surface area contributed by atoms with Crippen LogP contribution < -0.4 is 4.74 Å². The second-order valence-corrected chi connectivity index (χ2v) is 6.29. The van der Waals surface area contributed by atoms with Gasteiger partial charge in [0.25, 0.3) is 0 Å². The molecule has 0 radical (unpaired) electrons. The largest absolute Gasteiger partial charge is 0.478 e. The second-order valence-electron chi connectivity index (χ2n) is 3.97. The van der Waals surface area contributed by atoms with Crippen LogP contribution in [0.2, 0.25) is 0 Å². The maximum Gasteiger partial charge on any atom is 0.335 e. The number of aryl methyl sites for hydroxylation is 1. The van der Waals surface area contributed by atoms with Gasteiger partial charge in [0, 0.05) is 3.57 Å². The highest BCUT2D eigenvalue weighted by Gasteiger charge is 2.08. The van der Waals surface area contributed by atoms with E-state index in [0.29, 0.717) is 5.75 Å². The molecule has 0 aliphatic heterocycles. The van der Waals surface area contributed by atoms with Crippen molar-refractivity contribution >= 4 is 51.2 Å². The van der Waals surface area contributed by atoms with E-state index in [1.807, 2.05) is 13.0 Å². The van der Waals surface area contributed by atoms with Crippen molar-refractivity contribution < 1.29 is 14.6 Å². The van der Waals surface area contributed by atoms with Crippen molar-refractivity contribution in [2.24, 2.45) is 0 Å². The minimum atomic E-state index is -0.939. The quantitative estimate of drug-likeness (QED) is 0.649. The zero-order chi connectivity index (χ0) is 14.0. The summed E-state index contributed by atoms with van der Waals surface area (Å²) in [5.74, 6) is 0.476.